The smallest absolute Gasteiger partial charge is 0.0327 e. The Morgan fingerprint density at radius 1 is 1.07 bits per heavy atom. The Morgan fingerprint density at radius 2 is 1.64 bits per heavy atom. The van der Waals surface area contributed by atoms with E-state index in [1.807, 2.05) is 0 Å². The van der Waals surface area contributed by atoms with E-state index in [0.717, 1.165) is 0 Å². The standard InChI is InChI=1S/C12H20Si2/c1-11-5-7-12(8-6-11)9-10-13-14(2,3)4/h5-8H,9-10H2,1-4H3. The molecular formula is C12H20Si2. The first-order chi connectivity index (χ1) is 6.47. The molecular weight excluding hydrogens is 200 g/mol. The molecule has 0 aliphatic rings. The van der Waals surface area contributed by atoms with Gasteiger partial charge in [0.25, 0.3) is 0 Å². The minimum Gasteiger partial charge on any atom is -0.0719 e. The summed E-state index contributed by atoms with van der Waals surface area (Å²) in [6.07, 6.45) is 1.27. The molecule has 0 aliphatic carbocycles. The van der Waals surface area contributed by atoms with E-state index in [4.69, 9.17) is 0 Å². The van der Waals surface area contributed by atoms with Crippen LogP contribution < -0.4 is 0 Å². The summed E-state index contributed by atoms with van der Waals surface area (Å²) >= 11 is 0. The lowest BCUT2D eigenvalue weighted by Gasteiger charge is -2.14. The Balaban J connectivity index is 2.35. The third-order valence-corrected chi connectivity index (χ3v) is 7.68. The van der Waals surface area contributed by atoms with Crippen LogP contribution in [0.15, 0.2) is 24.3 Å². The van der Waals surface area contributed by atoms with Crippen LogP contribution in [-0.2, 0) is 6.42 Å². The van der Waals surface area contributed by atoms with Crippen molar-refractivity contribution in [2.75, 3.05) is 0 Å². The van der Waals surface area contributed by atoms with E-state index in [1.165, 1.54) is 32.6 Å². The molecule has 0 fully saturated rings. The average Bonchev–Trinajstić information content (AvgIpc) is 2.06. The molecule has 0 saturated carbocycles. The zero-order chi connectivity index (χ0) is 10.6. The monoisotopic (exact) mass is 220 g/mol. The topological polar surface area (TPSA) is 0 Å². The van der Waals surface area contributed by atoms with Gasteiger partial charge in [-0.15, -0.1) is 0 Å². The van der Waals surface area contributed by atoms with E-state index < -0.39 is 7.59 Å². The third kappa shape index (κ3) is 4.77. The van der Waals surface area contributed by atoms with Gasteiger partial charge < -0.3 is 0 Å². The van der Waals surface area contributed by atoms with Gasteiger partial charge in [-0.3, -0.25) is 0 Å². The zero-order valence-corrected chi connectivity index (χ0v) is 11.7. The first kappa shape index (κ1) is 11.7. The van der Waals surface area contributed by atoms with Crippen LogP contribution in [0.25, 0.3) is 0 Å². The summed E-state index contributed by atoms with van der Waals surface area (Å²) in [5, 5.41) is 0. The normalized spacial score (nSPS) is 11.7. The summed E-state index contributed by atoms with van der Waals surface area (Å²) in [6.45, 7) is 9.52. The highest BCUT2D eigenvalue weighted by Gasteiger charge is 2.12. The summed E-state index contributed by atoms with van der Waals surface area (Å²) in [4.78, 5) is 0. The van der Waals surface area contributed by atoms with Crippen molar-refractivity contribution in [2.24, 2.45) is 0 Å². The van der Waals surface area contributed by atoms with Gasteiger partial charge in [-0.25, -0.2) is 0 Å². The van der Waals surface area contributed by atoms with Crippen LogP contribution in [0.5, 0.6) is 0 Å². The van der Waals surface area contributed by atoms with Gasteiger partial charge >= 0.3 is 0 Å². The van der Waals surface area contributed by atoms with Gasteiger partial charge in [-0.2, -0.15) is 0 Å². The maximum absolute atomic E-state index is 2.46. The number of aryl methyl sites for hydroxylation is 2. The van der Waals surface area contributed by atoms with Gasteiger partial charge in [-0.1, -0.05) is 55.5 Å². The minimum absolute atomic E-state index is 0.794. The van der Waals surface area contributed by atoms with Crippen LogP contribution in [-0.4, -0.2) is 16.6 Å². The van der Waals surface area contributed by atoms with Gasteiger partial charge in [0.1, 0.15) is 0 Å². The Bertz CT molecular complexity index is 269. The Labute approximate surface area is 91.4 Å². The lowest BCUT2D eigenvalue weighted by Crippen LogP contribution is -2.29. The number of hydrogen-bond acceptors (Lipinski definition) is 0. The molecule has 0 atom stereocenters. The fraction of sp³-hybridized carbons (Fsp3) is 0.500. The number of rotatable bonds is 4. The molecule has 2 heteroatoms. The molecule has 0 unspecified atom stereocenters. The molecule has 14 heavy (non-hydrogen) atoms. The third-order valence-electron chi connectivity index (χ3n) is 2.19. The number of benzene rings is 1. The van der Waals surface area contributed by atoms with Crippen LogP contribution in [0.2, 0.25) is 25.7 Å². The molecule has 76 valence electrons. The summed E-state index contributed by atoms with van der Waals surface area (Å²) in [7, 11) is 0.409. The quantitative estimate of drug-likeness (QED) is 0.681. The van der Waals surface area contributed by atoms with Gasteiger partial charge in [0.05, 0.1) is 0 Å². The predicted molar refractivity (Wildman–Crippen MR) is 68.8 cm³/mol. The lowest BCUT2D eigenvalue weighted by atomic mass is 10.1. The molecule has 0 spiro atoms. The second kappa shape index (κ2) is 4.94. The van der Waals surface area contributed by atoms with Crippen molar-refractivity contribution in [3.63, 3.8) is 0 Å². The van der Waals surface area contributed by atoms with E-state index >= 15 is 0 Å². The minimum atomic E-state index is -0.794. The van der Waals surface area contributed by atoms with E-state index in [1.54, 1.807) is 0 Å². The van der Waals surface area contributed by atoms with Gasteiger partial charge in [-0.05, 0) is 18.9 Å². The zero-order valence-electron chi connectivity index (χ0n) is 9.72. The molecule has 0 N–H and O–H groups in total. The lowest BCUT2D eigenvalue weighted by molar-refractivity contribution is 1.12. The molecule has 1 aromatic rings. The Morgan fingerprint density at radius 3 is 2.14 bits per heavy atom. The van der Waals surface area contributed by atoms with E-state index in [0.29, 0.717) is 0 Å². The fourth-order valence-corrected chi connectivity index (χ4v) is 5.13. The van der Waals surface area contributed by atoms with Crippen LogP contribution in [0.1, 0.15) is 11.1 Å². The summed E-state index contributed by atoms with van der Waals surface area (Å²) in [6, 6.07) is 10.4. The molecule has 0 aromatic heterocycles. The van der Waals surface area contributed by atoms with Crippen LogP contribution >= 0.6 is 0 Å². The maximum atomic E-state index is 2.46. The highest BCUT2D eigenvalue weighted by Crippen LogP contribution is 2.08. The van der Waals surface area contributed by atoms with Crippen LogP contribution in [0.3, 0.4) is 0 Å². The van der Waals surface area contributed by atoms with Crippen molar-refractivity contribution < 1.29 is 0 Å². The first-order valence-corrected chi connectivity index (χ1v) is 11.0. The molecule has 0 nitrogen and oxygen atoms in total. The van der Waals surface area contributed by atoms with Crippen molar-refractivity contribution in [2.45, 2.75) is 39.0 Å². The summed E-state index contributed by atoms with van der Waals surface area (Å²) in [5.74, 6) is 0. The van der Waals surface area contributed by atoms with E-state index in [9.17, 15) is 0 Å². The average molecular weight is 220 g/mol. The molecule has 0 heterocycles. The van der Waals surface area contributed by atoms with Crippen molar-refractivity contribution >= 4 is 16.6 Å². The van der Waals surface area contributed by atoms with Crippen molar-refractivity contribution in [1.82, 2.24) is 0 Å². The highest BCUT2D eigenvalue weighted by atomic mass is 29.2. The van der Waals surface area contributed by atoms with E-state index in [2.05, 4.69) is 50.8 Å². The van der Waals surface area contributed by atoms with Crippen LogP contribution in [0.4, 0.5) is 0 Å². The van der Waals surface area contributed by atoms with Gasteiger partial charge in [0.2, 0.25) is 0 Å². The predicted octanol–water partition coefficient (Wildman–Crippen LogP) is 3.49. The fourth-order valence-electron chi connectivity index (χ4n) is 1.34. The van der Waals surface area contributed by atoms with Gasteiger partial charge in [0, 0.05) is 16.6 Å². The van der Waals surface area contributed by atoms with Crippen molar-refractivity contribution in [1.29, 1.82) is 0 Å². The second-order valence-corrected chi connectivity index (χ2v) is 15.8. The summed E-state index contributed by atoms with van der Waals surface area (Å²) < 4.78 is 0. The van der Waals surface area contributed by atoms with Crippen LogP contribution in [0, 0.1) is 6.92 Å². The molecule has 0 aliphatic heterocycles. The molecule has 0 saturated heterocycles. The van der Waals surface area contributed by atoms with Gasteiger partial charge in [0.15, 0.2) is 0 Å². The van der Waals surface area contributed by atoms with Crippen molar-refractivity contribution in [3.8, 4) is 0 Å². The molecule has 0 amide bonds. The molecule has 1 rings (SSSR count). The SMILES string of the molecule is Cc1ccc(CC[Si][Si](C)(C)C)cc1. The summed E-state index contributed by atoms with van der Waals surface area (Å²) in [5.41, 5.74) is 2.86. The largest absolute Gasteiger partial charge is 0.0719 e. The van der Waals surface area contributed by atoms with E-state index in [-0.39, 0.29) is 0 Å². The Hall–Kier alpha value is -0.346. The number of hydrogen-bond donors (Lipinski definition) is 0. The first-order valence-electron chi connectivity index (χ1n) is 5.28. The Kier molecular flexibility index (Phi) is 4.14. The molecule has 0 bridgehead atoms. The molecule has 1 aromatic carbocycles. The highest BCUT2D eigenvalue weighted by molar-refractivity contribution is 7.23. The molecule has 2 radical (unpaired) electrons. The maximum Gasteiger partial charge on any atom is 0.0327 e. The second-order valence-electron chi connectivity index (χ2n) is 4.91. The van der Waals surface area contributed by atoms with Crippen molar-refractivity contribution in [3.05, 3.63) is 35.4 Å².